The third-order valence-electron chi connectivity index (χ3n) is 3.91. The van der Waals surface area contributed by atoms with E-state index in [1.165, 1.54) is 7.11 Å². The maximum absolute atomic E-state index is 11.3. The van der Waals surface area contributed by atoms with Crippen LogP contribution in [0.25, 0.3) is 0 Å². The molecule has 1 saturated heterocycles. The van der Waals surface area contributed by atoms with Crippen molar-refractivity contribution in [1.82, 2.24) is 4.90 Å². The number of carbonyl (C=O) groups excluding carboxylic acids is 1. The van der Waals surface area contributed by atoms with Crippen molar-refractivity contribution in [1.29, 1.82) is 0 Å². The van der Waals surface area contributed by atoms with Crippen LogP contribution in [0.5, 0.6) is 0 Å². The van der Waals surface area contributed by atoms with Gasteiger partial charge in [0.25, 0.3) is 0 Å². The van der Waals surface area contributed by atoms with Crippen molar-refractivity contribution in [3.8, 4) is 0 Å². The van der Waals surface area contributed by atoms with Crippen LogP contribution >= 0.6 is 11.6 Å². The minimum absolute atomic E-state index is 0.0698. The lowest BCUT2D eigenvalue weighted by Crippen LogP contribution is -2.48. The van der Waals surface area contributed by atoms with Gasteiger partial charge in [-0.05, 0) is 39.3 Å². The van der Waals surface area contributed by atoms with Crippen LogP contribution in [0.15, 0.2) is 16.5 Å². The lowest BCUT2D eigenvalue weighted by molar-refractivity contribution is 0.0264. The van der Waals surface area contributed by atoms with Gasteiger partial charge in [0.05, 0.1) is 19.1 Å². The maximum atomic E-state index is 11.3. The molecule has 1 aliphatic heterocycles. The number of halogens is 1. The topological polar surface area (TPSA) is 51.9 Å². The molecule has 2 atom stereocenters. The van der Waals surface area contributed by atoms with Crippen LogP contribution < -0.4 is 0 Å². The number of rotatable bonds is 5. The van der Waals surface area contributed by atoms with Crippen LogP contribution in [0.2, 0.25) is 0 Å². The highest BCUT2D eigenvalue weighted by molar-refractivity contribution is 6.21. The summed E-state index contributed by atoms with van der Waals surface area (Å²) in [6.45, 7) is 8.39. The largest absolute Gasteiger partial charge is 0.463 e. The smallest absolute Gasteiger partial charge is 0.373 e. The molecule has 1 aliphatic rings. The van der Waals surface area contributed by atoms with Crippen molar-refractivity contribution in [2.45, 2.75) is 50.8 Å². The zero-order valence-electron chi connectivity index (χ0n) is 13.6. The number of likely N-dealkylation sites (tertiary alicyclic amines) is 1. The van der Waals surface area contributed by atoms with Gasteiger partial charge in [-0.2, -0.15) is 0 Å². The van der Waals surface area contributed by atoms with Gasteiger partial charge in [0.1, 0.15) is 12.4 Å². The number of ether oxygens (including phenoxy) is 2. The van der Waals surface area contributed by atoms with Crippen LogP contribution in [0, 0.1) is 0 Å². The summed E-state index contributed by atoms with van der Waals surface area (Å²) in [5, 5.41) is 0.0986. The lowest BCUT2D eigenvalue weighted by Gasteiger charge is -2.37. The van der Waals surface area contributed by atoms with Gasteiger partial charge in [0, 0.05) is 18.1 Å². The summed E-state index contributed by atoms with van der Waals surface area (Å²) in [4.78, 5) is 13.7. The van der Waals surface area contributed by atoms with E-state index < -0.39 is 5.97 Å². The molecule has 0 aliphatic carbocycles. The van der Waals surface area contributed by atoms with Crippen molar-refractivity contribution in [2.75, 3.05) is 20.3 Å². The van der Waals surface area contributed by atoms with Gasteiger partial charge < -0.3 is 13.9 Å². The third kappa shape index (κ3) is 4.03. The Balaban J connectivity index is 1.87. The fourth-order valence-corrected chi connectivity index (χ4v) is 3.10. The Kier molecular flexibility index (Phi) is 5.53. The second-order valence-corrected chi connectivity index (χ2v) is 7.07. The number of alkyl halides is 1. The molecule has 0 aromatic carbocycles. The highest BCUT2D eigenvalue weighted by Crippen LogP contribution is 2.30. The summed E-state index contributed by atoms with van der Waals surface area (Å²) in [5.74, 6) is 0.308. The lowest BCUT2D eigenvalue weighted by atomic mass is 10.0. The molecule has 2 heterocycles. The number of esters is 1. The first kappa shape index (κ1) is 17.3. The van der Waals surface area contributed by atoms with Crippen molar-refractivity contribution < 1.29 is 18.7 Å². The average Bonchev–Trinajstić information content (AvgIpc) is 3.05. The van der Waals surface area contributed by atoms with Gasteiger partial charge in [-0.1, -0.05) is 0 Å². The molecule has 2 rings (SSSR count). The van der Waals surface area contributed by atoms with Gasteiger partial charge in [-0.15, -0.1) is 11.6 Å². The molecule has 1 fully saturated rings. The zero-order valence-corrected chi connectivity index (χ0v) is 14.4. The molecule has 124 valence electrons. The van der Waals surface area contributed by atoms with Gasteiger partial charge in [-0.3, -0.25) is 4.90 Å². The van der Waals surface area contributed by atoms with Crippen LogP contribution in [-0.4, -0.2) is 48.1 Å². The van der Waals surface area contributed by atoms with Gasteiger partial charge in [0.15, 0.2) is 0 Å². The monoisotopic (exact) mass is 329 g/mol. The van der Waals surface area contributed by atoms with Gasteiger partial charge in [-0.25, -0.2) is 4.79 Å². The zero-order chi connectivity index (χ0) is 16.3. The van der Waals surface area contributed by atoms with Crippen LogP contribution in [-0.2, 0) is 16.1 Å². The molecule has 0 saturated carbocycles. The molecule has 22 heavy (non-hydrogen) atoms. The maximum Gasteiger partial charge on any atom is 0.373 e. The Morgan fingerprint density at radius 1 is 1.45 bits per heavy atom. The molecule has 1 aromatic heterocycles. The van der Waals surface area contributed by atoms with E-state index in [4.69, 9.17) is 20.8 Å². The highest BCUT2D eigenvalue weighted by Gasteiger charge is 2.38. The molecular weight excluding hydrogens is 306 g/mol. The average molecular weight is 330 g/mol. The van der Waals surface area contributed by atoms with Crippen molar-refractivity contribution in [3.63, 3.8) is 0 Å². The van der Waals surface area contributed by atoms with E-state index in [0.717, 1.165) is 13.0 Å². The first-order valence-corrected chi connectivity index (χ1v) is 7.92. The summed E-state index contributed by atoms with van der Waals surface area (Å²) in [6.07, 6.45) is 0.972. The Morgan fingerprint density at radius 3 is 2.82 bits per heavy atom. The van der Waals surface area contributed by atoms with E-state index in [-0.39, 0.29) is 22.7 Å². The molecule has 5 nitrogen and oxygen atoms in total. The molecule has 0 N–H and O–H groups in total. The highest BCUT2D eigenvalue weighted by atomic mass is 35.5. The molecule has 6 heteroatoms. The van der Waals surface area contributed by atoms with E-state index in [2.05, 4.69) is 30.4 Å². The Hall–Kier alpha value is -1.04. The summed E-state index contributed by atoms with van der Waals surface area (Å²) >= 11 is 6.42. The van der Waals surface area contributed by atoms with Crippen molar-refractivity contribution in [2.24, 2.45) is 0 Å². The normalized spacial score (nSPS) is 23.0. The van der Waals surface area contributed by atoms with Gasteiger partial charge in [0.2, 0.25) is 5.76 Å². The molecule has 0 spiro atoms. The van der Waals surface area contributed by atoms with Gasteiger partial charge >= 0.3 is 5.97 Å². The Bertz CT molecular complexity index is 508. The molecule has 0 radical (unpaired) electrons. The first-order chi connectivity index (χ1) is 10.3. The van der Waals surface area contributed by atoms with Crippen molar-refractivity contribution >= 4 is 17.6 Å². The number of furan rings is 1. The molecule has 0 bridgehead atoms. The van der Waals surface area contributed by atoms with Crippen LogP contribution in [0.3, 0.4) is 0 Å². The van der Waals surface area contributed by atoms with E-state index >= 15 is 0 Å². The van der Waals surface area contributed by atoms with E-state index in [1.54, 1.807) is 12.1 Å². The van der Waals surface area contributed by atoms with Crippen LogP contribution in [0.1, 0.15) is 43.5 Å². The summed E-state index contributed by atoms with van der Waals surface area (Å²) in [6, 6.07) is 3.50. The number of nitrogens with zero attached hydrogens (tertiary/aromatic N) is 1. The number of hydrogen-bond donors (Lipinski definition) is 0. The summed E-state index contributed by atoms with van der Waals surface area (Å²) < 4.78 is 15.7. The molecule has 0 amide bonds. The second-order valence-electron chi connectivity index (χ2n) is 6.51. The number of carbonyl (C=O) groups is 1. The summed E-state index contributed by atoms with van der Waals surface area (Å²) in [7, 11) is 1.32. The van der Waals surface area contributed by atoms with Crippen LogP contribution in [0.4, 0.5) is 0 Å². The molecular formula is C16H24ClNO4. The van der Waals surface area contributed by atoms with E-state index in [9.17, 15) is 4.79 Å². The first-order valence-electron chi connectivity index (χ1n) is 7.48. The molecule has 1 aromatic rings. The fourth-order valence-electron chi connectivity index (χ4n) is 2.79. The van der Waals surface area contributed by atoms with Crippen molar-refractivity contribution in [3.05, 3.63) is 23.7 Å². The third-order valence-corrected chi connectivity index (χ3v) is 4.42. The van der Waals surface area contributed by atoms with E-state index in [0.29, 0.717) is 19.0 Å². The van der Waals surface area contributed by atoms with E-state index in [1.807, 2.05) is 0 Å². The fraction of sp³-hybridized carbons (Fsp3) is 0.688. The standard InChI is InChI=1S/C16H24ClNO4/c1-16(2,3)18-8-7-12(17)13(18)10-21-9-11-5-6-14(22-11)15(19)20-4/h5-6,12-13H,7-10H2,1-4H3. The Labute approximate surface area is 136 Å². The summed E-state index contributed by atoms with van der Waals surface area (Å²) in [5.41, 5.74) is 0.0698. The number of hydrogen-bond acceptors (Lipinski definition) is 5. The predicted molar refractivity (Wildman–Crippen MR) is 84.2 cm³/mol. The SMILES string of the molecule is COC(=O)c1ccc(COCC2C(Cl)CCN2C(C)(C)C)o1. The predicted octanol–water partition coefficient (Wildman–Crippen LogP) is 3.06. The minimum atomic E-state index is -0.484. The second kappa shape index (κ2) is 7.02. The molecule has 2 unspecified atom stereocenters. The minimum Gasteiger partial charge on any atom is -0.463 e. The number of methoxy groups -OCH3 is 1. The quantitative estimate of drug-likeness (QED) is 0.614. The Morgan fingerprint density at radius 2 is 2.18 bits per heavy atom.